The molecule has 0 atom stereocenters. The Balaban J connectivity index is 1.41. The van der Waals surface area contributed by atoms with E-state index < -0.39 is 0 Å². The molecule has 0 fully saturated rings. The number of pyridine rings is 1. The maximum atomic E-state index is 12.9. The summed E-state index contributed by atoms with van der Waals surface area (Å²) in [5.74, 6) is 2.45. The van der Waals surface area contributed by atoms with Crippen LogP contribution in [0.5, 0.6) is 11.5 Å². The Morgan fingerprint density at radius 1 is 1.16 bits per heavy atom. The molecule has 1 aliphatic heterocycles. The first kappa shape index (κ1) is 21.4. The number of H-pyrrole nitrogens is 1. The van der Waals surface area contributed by atoms with Gasteiger partial charge in [-0.1, -0.05) is 6.07 Å². The van der Waals surface area contributed by atoms with Gasteiger partial charge in [-0.05, 0) is 55.0 Å². The van der Waals surface area contributed by atoms with E-state index in [1.165, 1.54) is 0 Å². The van der Waals surface area contributed by atoms with Crippen LogP contribution < -0.4 is 19.7 Å². The Hall–Kier alpha value is -3.88. The zero-order valence-corrected chi connectivity index (χ0v) is 18.1. The van der Waals surface area contributed by atoms with E-state index >= 15 is 0 Å². The van der Waals surface area contributed by atoms with E-state index in [9.17, 15) is 9.59 Å². The van der Waals surface area contributed by atoms with Gasteiger partial charge in [0.25, 0.3) is 0 Å². The second kappa shape index (κ2) is 9.51. The number of aromatic amines is 1. The third-order valence-corrected chi connectivity index (χ3v) is 5.39. The summed E-state index contributed by atoms with van der Waals surface area (Å²) in [6.07, 6.45) is 3.80. The van der Waals surface area contributed by atoms with Crippen molar-refractivity contribution in [3.05, 3.63) is 58.9 Å². The number of aromatic nitrogens is 3. The standard InChI is InChI=1S/C23H25N5O4/c1-31-19-10-15(11-20(13-19)32-2)5-7-17-12-21(27-26-17)25-23(30)28-9-3-4-16-6-8-18(14-29)24-22(16)28/h6,8,10-14H,3-5,7,9H2,1-2H3,(H2,25,26,27,30). The number of rotatable bonds is 7. The fourth-order valence-electron chi connectivity index (χ4n) is 3.74. The van der Waals surface area contributed by atoms with Crippen molar-refractivity contribution in [2.24, 2.45) is 0 Å². The molecule has 0 saturated carbocycles. The van der Waals surface area contributed by atoms with E-state index in [-0.39, 0.29) is 6.03 Å². The van der Waals surface area contributed by atoms with Crippen molar-refractivity contribution in [3.8, 4) is 11.5 Å². The molecule has 3 heterocycles. The van der Waals surface area contributed by atoms with Gasteiger partial charge in [-0.3, -0.25) is 20.1 Å². The number of benzene rings is 1. The van der Waals surface area contributed by atoms with Crippen molar-refractivity contribution in [1.29, 1.82) is 0 Å². The van der Waals surface area contributed by atoms with Crippen LogP contribution in [-0.4, -0.2) is 48.3 Å². The summed E-state index contributed by atoms with van der Waals surface area (Å²) in [4.78, 5) is 29.8. The molecule has 166 valence electrons. The molecule has 0 aliphatic carbocycles. The third kappa shape index (κ3) is 4.72. The summed E-state index contributed by atoms with van der Waals surface area (Å²) >= 11 is 0. The van der Waals surface area contributed by atoms with E-state index in [0.29, 0.717) is 36.6 Å². The fraction of sp³-hybridized carbons (Fsp3) is 0.304. The molecular formula is C23H25N5O4. The highest BCUT2D eigenvalue weighted by atomic mass is 16.5. The van der Waals surface area contributed by atoms with Gasteiger partial charge in [-0.2, -0.15) is 5.10 Å². The van der Waals surface area contributed by atoms with Gasteiger partial charge in [0, 0.05) is 24.4 Å². The molecular weight excluding hydrogens is 410 g/mol. The van der Waals surface area contributed by atoms with Gasteiger partial charge in [0.2, 0.25) is 0 Å². The van der Waals surface area contributed by atoms with Gasteiger partial charge in [-0.25, -0.2) is 9.78 Å². The van der Waals surface area contributed by atoms with Gasteiger partial charge in [-0.15, -0.1) is 0 Å². The minimum absolute atomic E-state index is 0.305. The highest BCUT2D eigenvalue weighted by Crippen LogP contribution is 2.26. The zero-order chi connectivity index (χ0) is 22.5. The maximum Gasteiger partial charge on any atom is 0.328 e. The Morgan fingerprint density at radius 2 is 1.94 bits per heavy atom. The molecule has 4 rings (SSSR count). The second-order valence-electron chi connectivity index (χ2n) is 7.52. The highest BCUT2D eigenvalue weighted by Gasteiger charge is 2.25. The molecule has 0 saturated heterocycles. The fourth-order valence-corrected chi connectivity index (χ4v) is 3.74. The summed E-state index contributed by atoms with van der Waals surface area (Å²) in [6, 6.07) is 10.8. The number of amides is 2. The molecule has 9 nitrogen and oxygen atoms in total. The third-order valence-electron chi connectivity index (χ3n) is 5.39. The summed E-state index contributed by atoms with van der Waals surface area (Å²) in [5, 5.41) is 10.0. The van der Waals surface area contributed by atoms with Gasteiger partial charge in [0.05, 0.1) is 14.2 Å². The number of nitrogens with zero attached hydrogens (tertiary/aromatic N) is 3. The number of carbonyl (C=O) groups is 2. The summed E-state index contributed by atoms with van der Waals surface area (Å²) in [6.45, 7) is 0.531. The summed E-state index contributed by atoms with van der Waals surface area (Å²) in [7, 11) is 3.25. The summed E-state index contributed by atoms with van der Waals surface area (Å²) < 4.78 is 10.6. The number of methoxy groups -OCH3 is 2. The molecule has 0 radical (unpaired) electrons. The van der Waals surface area contributed by atoms with Crippen molar-refractivity contribution in [3.63, 3.8) is 0 Å². The maximum absolute atomic E-state index is 12.9. The predicted molar refractivity (Wildman–Crippen MR) is 120 cm³/mol. The number of hydrogen-bond donors (Lipinski definition) is 2. The number of carbonyl (C=O) groups excluding carboxylic acids is 2. The molecule has 0 spiro atoms. The van der Waals surface area contributed by atoms with Gasteiger partial charge in [0.1, 0.15) is 23.0 Å². The number of anilines is 2. The molecule has 3 aromatic rings. The van der Waals surface area contributed by atoms with Crippen LogP contribution in [0.2, 0.25) is 0 Å². The van der Waals surface area contributed by atoms with E-state index in [2.05, 4.69) is 20.5 Å². The number of urea groups is 1. The average Bonchev–Trinajstić information content (AvgIpc) is 3.28. The van der Waals surface area contributed by atoms with E-state index in [0.717, 1.165) is 47.6 Å². The highest BCUT2D eigenvalue weighted by molar-refractivity contribution is 6.01. The van der Waals surface area contributed by atoms with Crippen molar-refractivity contribution in [2.75, 3.05) is 31.0 Å². The van der Waals surface area contributed by atoms with Crippen LogP contribution in [0.3, 0.4) is 0 Å². The number of ether oxygens (including phenoxy) is 2. The average molecular weight is 435 g/mol. The van der Waals surface area contributed by atoms with Crippen LogP contribution in [-0.2, 0) is 19.3 Å². The van der Waals surface area contributed by atoms with Crippen LogP contribution in [0, 0.1) is 0 Å². The topological polar surface area (TPSA) is 109 Å². The lowest BCUT2D eigenvalue weighted by Gasteiger charge is -2.28. The Bertz CT molecular complexity index is 1110. The first-order valence-corrected chi connectivity index (χ1v) is 10.4. The molecule has 2 amide bonds. The zero-order valence-electron chi connectivity index (χ0n) is 18.1. The van der Waals surface area contributed by atoms with Crippen molar-refractivity contribution >= 4 is 24.0 Å². The molecule has 0 unspecified atom stereocenters. The molecule has 1 aromatic carbocycles. The van der Waals surface area contributed by atoms with Gasteiger partial charge in [0.15, 0.2) is 12.1 Å². The largest absolute Gasteiger partial charge is 0.497 e. The first-order valence-electron chi connectivity index (χ1n) is 10.4. The van der Waals surface area contributed by atoms with Crippen molar-refractivity contribution < 1.29 is 19.1 Å². The number of hydrogen-bond acceptors (Lipinski definition) is 6. The van der Waals surface area contributed by atoms with Crippen LogP contribution in [0.25, 0.3) is 0 Å². The van der Waals surface area contributed by atoms with Gasteiger partial charge >= 0.3 is 6.03 Å². The lowest BCUT2D eigenvalue weighted by atomic mass is 10.1. The normalized spacial score (nSPS) is 12.8. The van der Waals surface area contributed by atoms with Gasteiger partial charge < -0.3 is 9.47 Å². The molecule has 2 aromatic heterocycles. The van der Waals surface area contributed by atoms with Crippen molar-refractivity contribution in [1.82, 2.24) is 15.2 Å². The first-order chi connectivity index (χ1) is 15.6. The second-order valence-corrected chi connectivity index (χ2v) is 7.52. The predicted octanol–water partition coefficient (Wildman–Crippen LogP) is 3.40. The van der Waals surface area contributed by atoms with E-state index in [4.69, 9.17) is 9.47 Å². The number of fused-ring (bicyclic) bond motifs is 1. The lowest BCUT2D eigenvalue weighted by molar-refractivity contribution is 0.111. The Kier molecular flexibility index (Phi) is 6.34. The van der Waals surface area contributed by atoms with E-state index in [1.807, 2.05) is 30.3 Å². The van der Waals surface area contributed by atoms with Crippen LogP contribution in [0.4, 0.5) is 16.4 Å². The minimum Gasteiger partial charge on any atom is -0.497 e. The van der Waals surface area contributed by atoms with Crippen LogP contribution in [0.15, 0.2) is 36.4 Å². The number of nitrogens with one attached hydrogen (secondary N) is 2. The number of aldehydes is 1. The van der Waals surface area contributed by atoms with Crippen molar-refractivity contribution in [2.45, 2.75) is 25.7 Å². The Morgan fingerprint density at radius 3 is 2.66 bits per heavy atom. The Labute approximate surface area is 185 Å². The molecule has 9 heteroatoms. The molecule has 32 heavy (non-hydrogen) atoms. The quantitative estimate of drug-likeness (QED) is 0.551. The smallest absolute Gasteiger partial charge is 0.328 e. The summed E-state index contributed by atoms with van der Waals surface area (Å²) in [5.41, 5.74) is 3.22. The SMILES string of the molecule is COc1cc(CCc2cc(NC(=O)N3CCCc4ccc(C=O)nc43)n[nH]2)cc(OC)c1. The molecule has 2 N–H and O–H groups in total. The van der Waals surface area contributed by atoms with E-state index in [1.54, 1.807) is 25.2 Å². The van der Waals surface area contributed by atoms with Crippen LogP contribution >= 0.6 is 0 Å². The molecule has 1 aliphatic rings. The monoisotopic (exact) mass is 435 g/mol. The van der Waals surface area contributed by atoms with Crippen LogP contribution in [0.1, 0.15) is 33.7 Å². The minimum atomic E-state index is -0.322. The lowest BCUT2D eigenvalue weighted by Crippen LogP contribution is -2.39. The molecule has 0 bridgehead atoms. The number of aryl methyl sites for hydroxylation is 3.